The molecule has 1 aliphatic rings. The molecular formula is C29H35N3O7S2. The molecule has 0 aromatic heterocycles. The summed E-state index contributed by atoms with van der Waals surface area (Å²) in [5.41, 5.74) is 1.08. The standard InChI is InChI=1S/C29H35N3O7S2/c1-29(2,3)21-11-16-26-25(19-21)32(41(36,37)23-9-7-6-8-10-23)20-27(39-26)28(33)30-17-18-38-22-12-14-24(15-13-22)40(34,35)31(4)5/h6-16,19,27H,17-18,20H2,1-5H3,(H,30,33)/t27-/m1/s1. The Hall–Kier alpha value is -3.61. The van der Waals surface area contributed by atoms with Crippen LogP contribution in [0.2, 0.25) is 0 Å². The molecule has 3 aromatic rings. The topological polar surface area (TPSA) is 122 Å². The third-order valence-corrected chi connectivity index (χ3v) is 10.2. The Balaban J connectivity index is 1.46. The number of amides is 1. The predicted octanol–water partition coefficient (Wildman–Crippen LogP) is 3.39. The number of ether oxygens (including phenoxy) is 2. The minimum atomic E-state index is -3.98. The van der Waals surface area contributed by atoms with E-state index in [1.165, 1.54) is 54.8 Å². The molecule has 0 fully saturated rings. The second-order valence-electron chi connectivity index (χ2n) is 10.8. The van der Waals surface area contributed by atoms with Crippen LogP contribution in [0.15, 0.2) is 82.6 Å². The summed E-state index contributed by atoms with van der Waals surface area (Å²) < 4.78 is 65.8. The molecule has 1 atom stereocenters. The first-order valence-electron chi connectivity index (χ1n) is 13.0. The maximum Gasteiger partial charge on any atom is 0.264 e. The smallest absolute Gasteiger partial charge is 0.264 e. The summed E-state index contributed by atoms with van der Waals surface area (Å²) in [7, 11) is -4.62. The number of hydrogen-bond donors (Lipinski definition) is 1. The molecule has 0 aliphatic carbocycles. The minimum absolute atomic E-state index is 0.107. The fourth-order valence-corrected chi connectivity index (χ4v) is 6.57. The number of nitrogens with zero attached hydrogens (tertiary/aromatic N) is 2. The molecule has 1 amide bonds. The van der Waals surface area contributed by atoms with Gasteiger partial charge in [-0.05, 0) is 59.5 Å². The lowest BCUT2D eigenvalue weighted by molar-refractivity contribution is -0.127. The molecule has 0 spiro atoms. The monoisotopic (exact) mass is 601 g/mol. The number of nitrogens with one attached hydrogen (secondary N) is 1. The third-order valence-electron chi connectivity index (χ3n) is 6.59. The van der Waals surface area contributed by atoms with E-state index in [-0.39, 0.29) is 34.9 Å². The molecule has 0 unspecified atom stereocenters. The lowest BCUT2D eigenvalue weighted by Gasteiger charge is -2.36. The first-order valence-corrected chi connectivity index (χ1v) is 15.9. The van der Waals surface area contributed by atoms with E-state index in [1.54, 1.807) is 30.3 Å². The van der Waals surface area contributed by atoms with Crippen LogP contribution >= 0.6 is 0 Å². The molecule has 0 radical (unpaired) electrons. The van der Waals surface area contributed by atoms with Gasteiger partial charge in [-0.1, -0.05) is 45.0 Å². The van der Waals surface area contributed by atoms with Crippen LogP contribution in [0.1, 0.15) is 26.3 Å². The SMILES string of the molecule is CN(C)S(=O)(=O)c1ccc(OCCNC(=O)[C@H]2CN(S(=O)(=O)c3ccccc3)c3cc(C(C)(C)C)ccc3O2)cc1. The van der Waals surface area contributed by atoms with Gasteiger partial charge in [0.2, 0.25) is 10.0 Å². The zero-order valence-corrected chi connectivity index (χ0v) is 25.3. The molecule has 1 aliphatic heterocycles. The fraction of sp³-hybridized carbons (Fsp3) is 0.345. The van der Waals surface area contributed by atoms with Crippen LogP contribution < -0.4 is 19.1 Å². The van der Waals surface area contributed by atoms with Gasteiger partial charge in [0.15, 0.2) is 6.10 Å². The van der Waals surface area contributed by atoms with Gasteiger partial charge in [-0.15, -0.1) is 0 Å². The molecule has 220 valence electrons. The molecule has 1 heterocycles. The highest BCUT2D eigenvalue weighted by atomic mass is 32.2. The van der Waals surface area contributed by atoms with Gasteiger partial charge in [0.25, 0.3) is 15.9 Å². The van der Waals surface area contributed by atoms with Crippen LogP contribution in [-0.4, -0.2) is 66.9 Å². The Bertz CT molecular complexity index is 1600. The van der Waals surface area contributed by atoms with E-state index in [4.69, 9.17) is 9.47 Å². The zero-order valence-electron chi connectivity index (χ0n) is 23.7. The normalized spacial score (nSPS) is 15.7. The van der Waals surface area contributed by atoms with E-state index in [0.717, 1.165) is 9.87 Å². The summed E-state index contributed by atoms with van der Waals surface area (Å²) in [4.78, 5) is 13.3. The van der Waals surface area contributed by atoms with Crippen LogP contribution in [-0.2, 0) is 30.3 Å². The predicted molar refractivity (Wildman–Crippen MR) is 156 cm³/mol. The maximum absolute atomic E-state index is 13.7. The van der Waals surface area contributed by atoms with Crippen molar-refractivity contribution in [1.82, 2.24) is 9.62 Å². The van der Waals surface area contributed by atoms with E-state index >= 15 is 0 Å². The molecular weight excluding hydrogens is 566 g/mol. The van der Waals surface area contributed by atoms with Gasteiger partial charge in [0, 0.05) is 14.1 Å². The van der Waals surface area contributed by atoms with Crippen LogP contribution in [0, 0.1) is 0 Å². The average Bonchev–Trinajstić information content (AvgIpc) is 2.94. The van der Waals surface area contributed by atoms with Crippen LogP contribution in [0.3, 0.4) is 0 Å². The highest BCUT2D eigenvalue weighted by Crippen LogP contribution is 2.40. The number of carbonyl (C=O) groups excluding carboxylic acids is 1. The van der Waals surface area contributed by atoms with E-state index in [2.05, 4.69) is 5.32 Å². The van der Waals surface area contributed by atoms with Gasteiger partial charge >= 0.3 is 0 Å². The summed E-state index contributed by atoms with van der Waals surface area (Å²) in [6, 6.07) is 19.4. The van der Waals surface area contributed by atoms with Gasteiger partial charge in [-0.3, -0.25) is 9.10 Å². The Labute approximate surface area is 242 Å². The van der Waals surface area contributed by atoms with Crippen LogP contribution in [0.5, 0.6) is 11.5 Å². The average molecular weight is 602 g/mol. The lowest BCUT2D eigenvalue weighted by atomic mass is 9.86. The van der Waals surface area contributed by atoms with Crippen molar-refractivity contribution in [2.24, 2.45) is 0 Å². The summed E-state index contributed by atoms with van der Waals surface area (Å²) in [5, 5.41) is 2.74. The van der Waals surface area contributed by atoms with E-state index in [9.17, 15) is 21.6 Å². The van der Waals surface area contributed by atoms with Gasteiger partial charge in [-0.2, -0.15) is 0 Å². The fourth-order valence-electron chi connectivity index (χ4n) is 4.18. The molecule has 4 rings (SSSR count). The molecule has 12 heteroatoms. The summed E-state index contributed by atoms with van der Waals surface area (Å²) in [6.45, 7) is 6.13. The zero-order chi connectivity index (χ0) is 30.0. The van der Waals surface area contributed by atoms with Crippen molar-refractivity contribution in [1.29, 1.82) is 0 Å². The molecule has 10 nitrogen and oxygen atoms in total. The largest absolute Gasteiger partial charge is 0.492 e. The Morgan fingerprint density at radius 2 is 1.63 bits per heavy atom. The molecule has 1 N–H and O–H groups in total. The van der Waals surface area contributed by atoms with Gasteiger partial charge in [0.05, 0.1) is 28.6 Å². The number of anilines is 1. The first-order chi connectivity index (χ1) is 19.2. The summed E-state index contributed by atoms with van der Waals surface area (Å²) in [5.74, 6) is 0.252. The van der Waals surface area contributed by atoms with Crippen molar-refractivity contribution in [2.75, 3.05) is 38.1 Å². The number of fused-ring (bicyclic) bond motifs is 1. The minimum Gasteiger partial charge on any atom is -0.492 e. The highest BCUT2D eigenvalue weighted by molar-refractivity contribution is 7.92. The number of hydrogen-bond acceptors (Lipinski definition) is 7. The molecule has 3 aromatic carbocycles. The third kappa shape index (κ3) is 6.66. The first kappa shape index (κ1) is 30.4. The quantitative estimate of drug-likeness (QED) is 0.373. The number of carbonyl (C=O) groups is 1. The van der Waals surface area contributed by atoms with E-state index in [1.807, 2.05) is 26.8 Å². The second kappa shape index (κ2) is 11.7. The van der Waals surface area contributed by atoms with Crippen molar-refractivity contribution >= 4 is 31.6 Å². The van der Waals surface area contributed by atoms with Gasteiger partial charge in [-0.25, -0.2) is 21.1 Å². The summed E-state index contributed by atoms with van der Waals surface area (Å²) in [6.07, 6.45) is -1.09. The van der Waals surface area contributed by atoms with Gasteiger partial charge in [0.1, 0.15) is 18.1 Å². The lowest BCUT2D eigenvalue weighted by Crippen LogP contribution is -2.51. The van der Waals surface area contributed by atoms with Crippen LogP contribution in [0.4, 0.5) is 5.69 Å². The summed E-state index contributed by atoms with van der Waals surface area (Å²) >= 11 is 0. The highest BCUT2D eigenvalue weighted by Gasteiger charge is 2.38. The molecule has 0 saturated heterocycles. The van der Waals surface area contributed by atoms with Crippen molar-refractivity contribution < 1.29 is 31.1 Å². The van der Waals surface area contributed by atoms with Crippen molar-refractivity contribution in [3.05, 3.63) is 78.4 Å². The van der Waals surface area contributed by atoms with Crippen molar-refractivity contribution in [2.45, 2.75) is 42.1 Å². The van der Waals surface area contributed by atoms with E-state index < -0.39 is 32.1 Å². The number of sulfonamides is 2. The molecule has 0 saturated carbocycles. The van der Waals surface area contributed by atoms with Crippen LogP contribution in [0.25, 0.3) is 0 Å². The Morgan fingerprint density at radius 3 is 2.24 bits per heavy atom. The molecule has 0 bridgehead atoms. The van der Waals surface area contributed by atoms with Crippen molar-refractivity contribution in [3.63, 3.8) is 0 Å². The molecule has 41 heavy (non-hydrogen) atoms. The number of benzene rings is 3. The Kier molecular flexibility index (Phi) is 8.67. The van der Waals surface area contributed by atoms with Crippen molar-refractivity contribution in [3.8, 4) is 11.5 Å². The second-order valence-corrected chi connectivity index (χ2v) is 14.8. The van der Waals surface area contributed by atoms with Gasteiger partial charge < -0.3 is 14.8 Å². The maximum atomic E-state index is 13.7. The van der Waals surface area contributed by atoms with E-state index in [0.29, 0.717) is 17.2 Å². The Morgan fingerprint density at radius 1 is 0.976 bits per heavy atom. The number of rotatable bonds is 9.